The Kier molecular flexibility index (Phi) is 4.02. The molecule has 1 N–H and O–H groups in total. The summed E-state index contributed by atoms with van der Waals surface area (Å²) in [7, 11) is 4.16. The lowest BCUT2D eigenvalue weighted by molar-refractivity contribution is 0.208. The lowest BCUT2D eigenvalue weighted by Crippen LogP contribution is -2.58. The fourth-order valence-corrected chi connectivity index (χ4v) is 6.65. The summed E-state index contributed by atoms with van der Waals surface area (Å²) in [5, 5.41) is 10.6. The average molecular weight is 433 g/mol. The zero-order valence-electron chi connectivity index (χ0n) is 18.5. The second-order valence-corrected chi connectivity index (χ2v) is 11.0. The maximum absolute atomic E-state index is 4.97. The first kappa shape index (κ1) is 19.2. The Balaban J connectivity index is 1.32. The number of anilines is 1. The number of aromatic nitrogens is 4. The molecule has 0 spiro atoms. The van der Waals surface area contributed by atoms with E-state index in [-0.39, 0.29) is 11.1 Å². The summed E-state index contributed by atoms with van der Waals surface area (Å²) in [6.07, 6.45) is 6.90. The van der Waals surface area contributed by atoms with E-state index < -0.39 is 0 Å². The van der Waals surface area contributed by atoms with Crippen molar-refractivity contribution in [1.29, 1.82) is 0 Å². The quantitative estimate of drug-likeness (QED) is 0.506. The molecule has 2 fully saturated rings. The molecule has 6 nitrogen and oxygen atoms in total. The Morgan fingerprint density at radius 2 is 1.81 bits per heavy atom. The maximum Gasteiger partial charge on any atom is 0.187 e. The van der Waals surface area contributed by atoms with Crippen molar-refractivity contribution < 1.29 is 0 Å². The predicted octanol–water partition coefficient (Wildman–Crippen LogP) is 4.74. The molecule has 0 amide bonds. The van der Waals surface area contributed by atoms with Crippen LogP contribution in [0.4, 0.5) is 5.13 Å². The first-order valence-corrected chi connectivity index (χ1v) is 11.8. The van der Waals surface area contributed by atoms with Crippen LogP contribution < -0.4 is 10.2 Å². The molecular formula is C24H28N6S. The van der Waals surface area contributed by atoms with Gasteiger partial charge in [-0.05, 0) is 63.8 Å². The summed E-state index contributed by atoms with van der Waals surface area (Å²) in [4.78, 5) is 13.3. The van der Waals surface area contributed by atoms with E-state index in [9.17, 15) is 0 Å². The Hall–Kier alpha value is -2.51. The predicted molar refractivity (Wildman–Crippen MR) is 128 cm³/mol. The van der Waals surface area contributed by atoms with Crippen molar-refractivity contribution in [2.75, 3.05) is 11.9 Å². The molecule has 5 heterocycles. The lowest BCUT2D eigenvalue weighted by Gasteiger charge is -2.45. The number of fused-ring (bicyclic) bond motifs is 4. The largest absolute Gasteiger partial charge is 0.348 e. The van der Waals surface area contributed by atoms with Gasteiger partial charge in [0.2, 0.25) is 0 Å². The Morgan fingerprint density at radius 3 is 2.58 bits per heavy atom. The van der Waals surface area contributed by atoms with Crippen LogP contribution in [0.25, 0.3) is 32.5 Å². The molecule has 4 aromatic rings. The molecule has 31 heavy (non-hydrogen) atoms. The second-order valence-electron chi connectivity index (χ2n) is 10.0. The van der Waals surface area contributed by atoms with Crippen molar-refractivity contribution in [2.24, 2.45) is 7.05 Å². The van der Waals surface area contributed by atoms with Gasteiger partial charge >= 0.3 is 0 Å². The molecule has 2 saturated heterocycles. The third-order valence-electron chi connectivity index (χ3n) is 7.21. The lowest BCUT2D eigenvalue weighted by atomic mass is 9.84. The van der Waals surface area contributed by atoms with E-state index in [1.165, 1.54) is 25.7 Å². The summed E-state index contributed by atoms with van der Waals surface area (Å²) < 4.78 is 1.85. The van der Waals surface area contributed by atoms with E-state index >= 15 is 0 Å². The Bertz CT molecular complexity index is 1290. The van der Waals surface area contributed by atoms with Crippen LogP contribution >= 0.6 is 11.3 Å². The van der Waals surface area contributed by atoms with Gasteiger partial charge in [0, 0.05) is 48.4 Å². The summed E-state index contributed by atoms with van der Waals surface area (Å²) >= 11 is 1.70. The van der Waals surface area contributed by atoms with Gasteiger partial charge in [-0.2, -0.15) is 5.10 Å². The van der Waals surface area contributed by atoms with E-state index in [0.29, 0.717) is 6.04 Å². The number of aryl methyl sites for hydroxylation is 1. The molecule has 2 aliphatic heterocycles. The Labute approximate surface area is 186 Å². The number of rotatable bonds is 3. The molecular weight excluding hydrogens is 404 g/mol. The number of piperidine rings is 1. The van der Waals surface area contributed by atoms with Gasteiger partial charge in [0.25, 0.3) is 0 Å². The van der Waals surface area contributed by atoms with Crippen molar-refractivity contribution in [3.05, 3.63) is 36.5 Å². The number of benzene rings is 1. The van der Waals surface area contributed by atoms with E-state index in [4.69, 9.17) is 9.97 Å². The van der Waals surface area contributed by atoms with Gasteiger partial charge < -0.3 is 10.2 Å². The minimum absolute atomic E-state index is 0.249. The van der Waals surface area contributed by atoms with Crippen LogP contribution in [0.2, 0.25) is 0 Å². The van der Waals surface area contributed by atoms with E-state index in [1.807, 2.05) is 17.9 Å². The van der Waals surface area contributed by atoms with Crippen molar-refractivity contribution in [2.45, 2.75) is 56.7 Å². The van der Waals surface area contributed by atoms with Crippen LogP contribution in [0.3, 0.4) is 0 Å². The highest BCUT2D eigenvalue weighted by atomic mass is 32.1. The van der Waals surface area contributed by atoms with E-state index in [0.717, 1.165) is 37.6 Å². The van der Waals surface area contributed by atoms with Gasteiger partial charge in [-0.3, -0.25) is 4.68 Å². The van der Waals surface area contributed by atoms with E-state index in [1.54, 1.807) is 11.3 Å². The first-order valence-electron chi connectivity index (χ1n) is 11.0. The molecule has 3 atom stereocenters. The zero-order chi connectivity index (χ0) is 21.4. The highest BCUT2D eigenvalue weighted by Crippen LogP contribution is 2.44. The third-order valence-corrected chi connectivity index (χ3v) is 8.27. The third kappa shape index (κ3) is 3.22. The molecule has 0 radical (unpaired) electrons. The van der Waals surface area contributed by atoms with Crippen LogP contribution in [0.15, 0.2) is 36.5 Å². The van der Waals surface area contributed by atoms with Crippen molar-refractivity contribution >= 4 is 37.7 Å². The molecule has 0 saturated carbocycles. The van der Waals surface area contributed by atoms with Crippen LogP contribution in [0.5, 0.6) is 0 Å². The van der Waals surface area contributed by atoms with Gasteiger partial charge in [-0.1, -0.05) is 17.4 Å². The summed E-state index contributed by atoms with van der Waals surface area (Å²) in [6.45, 7) is 4.76. The summed E-state index contributed by atoms with van der Waals surface area (Å²) in [5.41, 5.74) is 4.58. The minimum Gasteiger partial charge on any atom is -0.348 e. The molecule has 0 aliphatic carbocycles. The van der Waals surface area contributed by atoms with Crippen LogP contribution in [-0.2, 0) is 7.05 Å². The number of hydrogen-bond donors (Lipinski definition) is 1. The molecule has 7 heteroatoms. The summed E-state index contributed by atoms with van der Waals surface area (Å²) in [6, 6.07) is 11.0. The average Bonchev–Trinajstić information content (AvgIpc) is 3.38. The number of hydrogen-bond acceptors (Lipinski definition) is 6. The molecule has 160 valence electrons. The highest BCUT2D eigenvalue weighted by molar-refractivity contribution is 7.21. The molecule has 3 aromatic heterocycles. The molecule has 1 aromatic carbocycles. The van der Waals surface area contributed by atoms with Crippen LogP contribution in [0, 0.1) is 0 Å². The molecule has 6 rings (SSSR count). The summed E-state index contributed by atoms with van der Waals surface area (Å²) in [5.74, 6) is 0. The van der Waals surface area contributed by atoms with Crippen molar-refractivity contribution in [1.82, 2.24) is 25.1 Å². The highest BCUT2D eigenvalue weighted by Gasteiger charge is 2.49. The zero-order valence-corrected chi connectivity index (χ0v) is 19.3. The van der Waals surface area contributed by atoms with E-state index in [2.05, 4.69) is 66.5 Å². The minimum atomic E-state index is 0.249. The van der Waals surface area contributed by atoms with Gasteiger partial charge in [0.15, 0.2) is 5.13 Å². The van der Waals surface area contributed by atoms with Gasteiger partial charge in [0.1, 0.15) is 10.3 Å². The van der Waals surface area contributed by atoms with Gasteiger partial charge in [-0.25, -0.2) is 9.97 Å². The number of pyridine rings is 1. The molecule has 2 aliphatic rings. The van der Waals surface area contributed by atoms with Crippen molar-refractivity contribution in [3.8, 4) is 11.3 Å². The second kappa shape index (κ2) is 6.50. The number of nitrogens with one attached hydrogen (secondary N) is 1. The number of nitrogens with zero attached hydrogens (tertiary/aromatic N) is 5. The van der Waals surface area contributed by atoms with Crippen molar-refractivity contribution in [3.63, 3.8) is 0 Å². The smallest absolute Gasteiger partial charge is 0.187 e. The first-order chi connectivity index (χ1) is 14.8. The van der Waals surface area contributed by atoms with Crippen LogP contribution in [-0.4, -0.2) is 43.9 Å². The standard InChI is InChI=1S/C24H28N6S/c1-23-9-10-24(2,28-23)13-17(12-23)30(4)22-26-20-8-7-18(25-21(20)31-22)15-5-6-19-16(11-15)14-29(3)27-19/h5-8,11,14,17,28H,9-10,12-13H2,1-4H3/t17?,23-,24+. The fourth-order valence-electron chi connectivity index (χ4n) is 5.68. The van der Waals surface area contributed by atoms with Gasteiger partial charge in [0.05, 0.1) is 11.2 Å². The molecule has 2 bridgehead atoms. The fraction of sp³-hybridized carbons (Fsp3) is 0.458. The Morgan fingerprint density at radius 1 is 1.06 bits per heavy atom. The monoisotopic (exact) mass is 432 g/mol. The normalized spacial score (nSPS) is 27.9. The SMILES string of the molecule is CN(c1nc2ccc(-c3ccc4nn(C)cc4c3)nc2s1)C1C[C@]2(C)CC[C@](C)(C1)N2. The van der Waals surface area contributed by atoms with Gasteiger partial charge in [-0.15, -0.1) is 0 Å². The maximum atomic E-state index is 4.97. The van der Waals surface area contributed by atoms with Crippen LogP contribution in [0.1, 0.15) is 39.5 Å². The topological polar surface area (TPSA) is 58.9 Å². The molecule has 1 unspecified atom stereocenters. The number of thiazole rings is 1.